The van der Waals surface area contributed by atoms with E-state index in [1.165, 1.54) is 20.3 Å². The molecule has 2 N–H and O–H groups in total. The Bertz CT molecular complexity index is 804. The predicted octanol–water partition coefficient (Wildman–Crippen LogP) is 1.67. The molecule has 0 unspecified atom stereocenters. The number of ether oxygens (including phenoxy) is 2. The van der Waals surface area contributed by atoms with Gasteiger partial charge < -0.3 is 20.1 Å². The first-order chi connectivity index (χ1) is 12.6. The Labute approximate surface area is 162 Å². The molecule has 3 rings (SSSR count). The fourth-order valence-electron chi connectivity index (χ4n) is 2.85. The highest BCUT2D eigenvalue weighted by atomic mass is 35.5. The van der Waals surface area contributed by atoms with Gasteiger partial charge in [-0.2, -0.15) is 0 Å². The standard InChI is InChI=1S/C17H21N5O4.ClH/c1-25-12-3-4-14(13(9-12)17(24)26-2)19-16(23)15-10-22(21-20-15)11-5-7-18-8-6-11;/h3-4,9-11,18H,5-8H2,1-2H3,(H,19,23);1H. The number of carbonyl (C=O) groups is 2. The van der Waals surface area contributed by atoms with Gasteiger partial charge in [0, 0.05) is 0 Å². The van der Waals surface area contributed by atoms with Crippen molar-refractivity contribution >= 4 is 30.0 Å². The molecule has 2 heterocycles. The smallest absolute Gasteiger partial charge is 0.340 e. The minimum atomic E-state index is -0.572. The lowest BCUT2D eigenvalue weighted by atomic mass is 10.1. The molecule has 0 aliphatic carbocycles. The lowest BCUT2D eigenvalue weighted by Gasteiger charge is -2.22. The molecule has 0 spiro atoms. The van der Waals surface area contributed by atoms with Gasteiger partial charge in [0.2, 0.25) is 0 Å². The second-order valence-electron chi connectivity index (χ2n) is 5.92. The summed E-state index contributed by atoms with van der Waals surface area (Å²) in [6, 6.07) is 4.97. The van der Waals surface area contributed by atoms with Crippen molar-refractivity contribution in [3.05, 3.63) is 35.7 Å². The van der Waals surface area contributed by atoms with Gasteiger partial charge in [-0.15, -0.1) is 17.5 Å². The first-order valence-corrected chi connectivity index (χ1v) is 8.32. The zero-order valence-electron chi connectivity index (χ0n) is 15.1. The highest BCUT2D eigenvalue weighted by Crippen LogP contribution is 2.23. The molecule has 1 saturated heterocycles. The number of benzene rings is 1. The number of rotatable bonds is 5. The summed E-state index contributed by atoms with van der Waals surface area (Å²) < 4.78 is 11.6. The molecule has 1 aliphatic rings. The SMILES string of the molecule is COC(=O)c1cc(OC)ccc1NC(=O)c1cn(C2CCNCC2)nn1.Cl. The molecule has 146 valence electrons. The van der Waals surface area contributed by atoms with Gasteiger partial charge >= 0.3 is 5.97 Å². The molecular weight excluding hydrogens is 374 g/mol. The van der Waals surface area contributed by atoms with Crippen molar-refractivity contribution in [1.29, 1.82) is 0 Å². The van der Waals surface area contributed by atoms with Crippen LogP contribution in [0.5, 0.6) is 5.75 Å². The van der Waals surface area contributed by atoms with Crippen molar-refractivity contribution in [2.24, 2.45) is 0 Å². The number of halogens is 1. The van der Waals surface area contributed by atoms with Gasteiger partial charge in [0.25, 0.3) is 5.91 Å². The topological polar surface area (TPSA) is 107 Å². The van der Waals surface area contributed by atoms with E-state index in [9.17, 15) is 9.59 Å². The number of nitrogens with one attached hydrogen (secondary N) is 2. The fraction of sp³-hybridized carbons (Fsp3) is 0.412. The van der Waals surface area contributed by atoms with Gasteiger partial charge in [-0.05, 0) is 44.1 Å². The molecule has 10 heteroatoms. The van der Waals surface area contributed by atoms with E-state index in [4.69, 9.17) is 9.47 Å². The third-order valence-electron chi connectivity index (χ3n) is 4.31. The number of esters is 1. The molecule has 1 amide bonds. The Balaban J connectivity index is 0.00000261. The van der Waals surface area contributed by atoms with Crippen molar-refractivity contribution < 1.29 is 19.1 Å². The van der Waals surface area contributed by atoms with Crippen molar-refractivity contribution in [3.63, 3.8) is 0 Å². The largest absolute Gasteiger partial charge is 0.497 e. The maximum Gasteiger partial charge on any atom is 0.340 e. The number of carbonyl (C=O) groups excluding carboxylic acids is 2. The van der Waals surface area contributed by atoms with Crippen LogP contribution in [0.2, 0.25) is 0 Å². The van der Waals surface area contributed by atoms with E-state index in [-0.39, 0.29) is 29.7 Å². The van der Waals surface area contributed by atoms with Gasteiger partial charge in [0.15, 0.2) is 5.69 Å². The van der Waals surface area contributed by atoms with Crippen molar-refractivity contribution in [2.45, 2.75) is 18.9 Å². The number of hydrogen-bond acceptors (Lipinski definition) is 7. The molecule has 27 heavy (non-hydrogen) atoms. The van der Waals surface area contributed by atoms with E-state index in [1.807, 2.05) is 0 Å². The second-order valence-corrected chi connectivity index (χ2v) is 5.92. The zero-order chi connectivity index (χ0) is 18.5. The van der Waals surface area contributed by atoms with E-state index in [0.29, 0.717) is 11.4 Å². The summed E-state index contributed by atoms with van der Waals surface area (Å²) in [5, 5.41) is 14.0. The Morgan fingerprint density at radius 3 is 2.67 bits per heavy atom. The lowest BCUT2D eigenvalue weighted by molar-refractivity contribution is 0.0601. The fourth-order valence-corrected chi connectivity index (χ4v) is 2.85. The van der Waals surface area contributed by atoms with Crippen LogP contribution < -0.4 is 15.4 Å². The third kappa shape index (κ3) is 4.75. The van der Waals surface area contributed by atoms with Crippen molar-refractivity contribution in [1.82, 2.24) is 20.3 Å². The Kier molecular flexibility index (Phi) is 7.14. The van der Waals surface area contributed by atoms with Gasteiger partial charge in [0.1, 0.15) is 5.75 Å². The summed E-state index contributed by atoms with van der Waals surface area (Å²) in [5.74, 6) is -0.529. The number of nitrogens with zero attached hydrogens (tertiary/aromatic N) is 3. The quantitative estimate of drug-likeness (QED) is 0.741. The Morgan fingerprint density at radius 1 is 1.26 bits per heavy atom. The number of amides is 1. The van der Waals surface area contributed by atoms with Crippen LogP contribution in [0.1, 0.15) is 39.7 Å². The van der Waals surface area contributed by atoms with Gasteiger partial charge in [-0.25, -0.2) is 9.48 Å². The molecule has 1 aromatic carbocycles. The summed E-state index contributed by atoms with van der Waals surface area (Å²) in [6.07, 6.45) is 3.51. The van der Waals surface area contributed by atoms with Gasteiger partial charge in [-0.3, -0.25) is 4.79 Å². The molecule has 0 saturated carbocycles. The van der Waals surface area contributed by atoms with Crippen molar-refractivity contribution in [3.8, 4) is 5.75 Å². The van der Waals surface area contributed by atoms with Crippen LogP contribution in [0.4, 0.5) is 5.69 Å². The first kappa shape index (κ1) is 20.7. The molecule has 0 atom stereocenters. The summed E-state index contributed by atoms with van der Waals surface area (Å²) in [7, 11) is 2.77. The second kappa shape index (κ2) is 9.33. The number of hydrogen-bond donors (Lipinski definition) is 2. The van der Waals surface area contributed by atoms with Crippen LogP contribution in [0, 0.1) is 0 Å². The van der Waals surface area contributed by atoms with E-state index in [2.05, 4.69) is 20.9 Å². The molecule has 0 bridgehead atoms. The summed E-state index contributed by atoms with van der Waals surface area (Å²) in [5.41, 5.74) is 0.708. The van der Waals surface area contributed by atoms with Crippen LogP contribution in [0.15, 0.2) is 24.4 Å². The minimum Gasteiger partial charge on any atom is -0.497 e. The van der Waals surface area contributed by atoms with E-state index >= 15 is 0 Å². The van der Waals surface area contributed by atoms with Gasteiger partial charge in [0.05, 0.1) is 37.7 Å². The summed E-state index contributed by atoms with van der Waals surface area (Å²) in [4.78, 5) is 24.5. The highest BCUT2D eigenvalue weighted by molar-refractivity contribution is 6.07. The highest BCUT2D eigenvalue weighted by Gasteiger charge is 2.20. The Hall–Kier alpha value is -2.65. The number of anilines is 1. The van der Waals surface area contributed by atoms with Crippen LogP contribution in [0.3, 0.4) is 0 Å². The predicted molar refractivity (Wildman–Crippen MR) is 101 cm³/mol. The minimum absolute atomic E-state index is 0. The average molecular weight is 396 g/mol. The zero-order valence-corrected chi connectivity index (χ0v) is 15.9. The van der Waals surface area contributed by atoms with Crippen LogP contribution >= 0.6 is 12.4 Å². The maximum absolute atomic E-state index is 12.5. The molecule has 9 nitrogen and oxygen atoms in total. The van der Waals surface area contributed by atoms with Crippen LogP contribution in [-0.4, -0.2) is 54.2 Å². The van der Waals surface area contributed by atoms with Gasteiger partial charge in [-0.1, -0.05) is 5.21 Å². The molecule has 1 aromatic heterocycles. The molecular formula is C17H22ClN5O4. The first-order valence-electron chi connectivity index (χ1n) is 8.32. The third-order valence-corrected chi connectivity index (χ3v) is 4.31. The molecule has 1 fully saturated rings. The maximum atomic E-state index is 12.5. The Morgan fingerprint density at radius 2 is 2.00 bits per heavy atom. The number of methoxy groups -OCH3 is 2. The lowest BCUT2D eigenvalue weighted by Crippen LogP contribution is -2.29. The molecule has 1 aliphatic heterocycles. The summed E-state index contributed by atoms with van der Waals surface area (Å²) >= 11 is 0. The monoisotopic (exact) mass is 395 g/mol. The molecule has 2 aromatic rings. The molecule has 0 radical (unpaired) electrons. The van der Waals surface area contributed by atoms with E-state index in [1.54, 1.807) is 23.0 Å². The number of aromatic nitrogens is 3. The van der Waals surface area contributed by atoms with Crippen LogP contribution in [0.25, 0.3) is 0 Å². The average Bonchev–Trinajstić information content (AvgIpc) is 3.18. The van der Waals surface area contributed by atoms with E-state index in [0.717, 1.165) is 25.9 Å². The van der Waals surface area contributed by atoms with Crippen LogP contribution in [-0.2, 0) is 4.74 Å². The summed E-state index contributed by atoms with van der Waals surface area (Å²) in [6.45, 7) is 1.83. The van der Waals surface area contributed by atoms with Crippen molar-refractivity contribution in [2.75, 3.05) is 32.6 Å². The van der Waals surface area contributed by atoms with E-state index < -0.39 is 11.9 Å². The number of piperidine rings is 1. The normalized spacial score (nSPS) is 14.1.